The van der Waals surface area contributed by atoms with Gasteiger partial charge in [-0.25, -0.2) is 4.98 Å². The third kappa shape index (κ3) is 3.97. The van der Waals surface area contributed by atoms with Crippen molar-refractivity contribution in [2.24, 2.45) is 5.10 Å². The fourth-order valence-electron chi connectivity index (χ4n) is 2.26. The lowest BCUT2D eigenvalue weighted by atomic mass is 10.0. The van der Waals surface area contributed by atoms with E-state index < -0.39 is 0 Å². The highest BCUT2D eigenvalue weighted by Crippen LogP contribution is 2.27. The molecule has 3 nitrogen and oxygen atoms in total. The van der Waals surface area contributed by atoms with Gasteiger partial charge in [-0.15, -0.1) is 11.3 Å². The van der Waals surface area contributed by atoms with E-state index in [1.54, 1.807) is 6.21 Å². The van der Waals surface area contributed by atoms with Crippen LogP contribution < -0.4 is 5.43 Å². The monoisotopic (exact) mass is 341 g/mol. The standard InChI is InChI=1S/C18H16ClN3S/c1-12-3-8-16(13(2)9-12)17-11-23-18(21-17)22-20-10-14-4-6-15(19)7-5-14/h3-11H,1-2H3,(H,21,22)/b20-10-. The quantitative estimate of drug-likeness (QED) is 0.500. The maximum atomic E-state index is 5.86. The van der Waals surface area contributed by atoms with Crippen molar-refractivity contribution < 1.29 is 0 Å². The van der Waals surface area contributed by atoms with Gasteiger partial charge in [-0.3, -0.25) is 5.43 Å². The minimum atomic E-state index is 0.716. The van der Waals surface area contributed by atoms with Gasteiger partial charge in [0.15, 0.2) is 0 Å². The van der Waals surface area contributed by atoms with E-state index in [0.29, 0.717) is 5.02 Å². The number of halogens is 1. The lowest BCUT2D eigenvalue weighted by molar-refractivity contribution is 1.28. The van der Waals surface area contributed by atoms with Crippen molar-refractivity contribution >= 4 is 34.3 Å². The van der Waals surface area contributed by atoms with Gasteiger partial charge in [0.2, 0.25) is 5.13 Å². The maximum absolute atomic E-state index is 5.86. The van der Waals surface area contributed by atoms with Gasteiger partial charge in [-0.1, -0.05) is 47.5 Å². The van der Waals surface area contributed by atoms with Gasteiger partial charge in [0.25, 0.3) is 0 Å². The molecule has 3 rings (SSSR count). The molecular formula is C18H16ClN3S. The summed E-state index contributed by atoms with van der Waals surface area (Å²) in [5, 5.41) is 7.74. The fourth-order valence-corrected chi connectivity index (χ4v) is 3.05. The van der Waals surface area contributed by atoms with Crippen molar-refractivity contribution in [2.75, 3.05) is 5.43 Å². The maximum Gasteiger partial charge on any atom is 0.203 e. The van der Waals surface area contributed by atoms with Crippen LogP contribution in [0.3, 0.4) is 0 Å². The number of rotatable bonds is 4. The Balaban J connectivity index is 1.71. The average molecular weight is 342 g/mol. The lowest BCUT2D eigenvalue weighted by Crippen LogP contribution is -1.90. The topological polar surface area (TPSA) is 37.3 Å². The molecular weight excluding hydrogens is 326 g/mol. The van der Waals surface area contributed by atoms with Crippen LogP contribution in [0.4, 0.5) is 5.13 Å². The van der Waals surface area contributed by atoms with E-state index in [1.807, 2.05) is 29.6 Å². The molecule has 0 spiro atoms. The molecule has 0 fully saturated rings. The van der Waals surface area contributed by atoms with Crippen molar-refractivity contribution in [3.05, 3.63) is 69.6 Å². The van der Waals surface area contributed by atoms with Gasteiger partial charge in [0, 0.05) is 16.0 Å². The first-order chi connectivity index (χ1) is 11.1. The van der Waals surface area contributed by atoms with Gasteiger partial charge in [-0.05, 0) is 37.1 Å². The van der Waals surface area contributed by atoms with Crippen LogP contribution in [0.15, 0.2) is 52.9 Å². The van der Waals surface area contributed by atoms with Crippen molar-refractivity contribution in [1.29, 1.82) is 0 Å². The zero-order valence-electron chi connectivity index (χ0n) is 12.9. The number of hydrogen-bond donors (Lipinski definition) is 1. The minimum Gasteiger partial charge on any atom is -0.253 e. The number of hydrogen-bond acceptors (Lipinski definition) is 4. The minimum absolute atomic E-state index is 0.716. The number of nitrogens with one attached hydrogen (secondary N) is 1. The van der Waals surface area contributed by atoms with E-state index in [-0.39, 0.29) is 0 Å². The van der Waals surface area contributed by atoms with Crippen molar-refractivity contribution in [2.45, 2.75) is 13.8 Å². The third-order valence-corrected chi connectivity index (χ3v) is 4.40. The Morgan fingerprint density at radius 3 is 2.65 bits per heavy atom. The van der Waals surface area contributed by atoms with Crippen LogP contribution in [0.5, 0.6) is 0 Å². The SMILES string of the molecule is Cc1ccc(-c2csc(N/N=C\c3ccc(Cl)cc3)n2)c(C)c1. The molecule has 2 aromatic carbocycles. The van der Waals surface area contributed by atoms with Gasteiger partial charge < -0.3 is 0 Å². The van der Waals surface area contributed by atoms with Crippen LogP contribution >= 0.6 is 22.9 Å². The largest absolute Gasteiger partial charge is 0.253 e. The summed E-state index contributed by atoms with van der Waals surface area (Å²) in [4.78, 5) is 4.59. The van der Waals surface area contributed by atoms with Gasteiger partial charge in [0.05, 0.1) is 11.9 Å². The number of hydrazone groups is 1. The highest BCUT2D eigenvalue weighted by atomic mass is 35.5. The summed E-state index contributed by atoms with van der Waals surface area (Å²) >= 11 is 7.39. The zero-order chi connectivity index (χ0) is 16.2. The Bertz CT molecular complexity index is 838. The molecule has 0 aliphatic heterocycles. The Labute approximate surface area is 144 Å². The lowest BCUT2D eigenvalue weighted by Gasteiger charge is -2.03. The molecule has 0 saturated carbocycles. The number of thiazole rings is 1. The molecule has 116 valence electrons. The molecule has 23 heavy (non-hydrogen) atoms. The Kier molecular flexibility index (Phi) is 4.74. The van der Waals surface area contributed by atoms with E-state index in [2.05, 4.69) is 47.6 Å². The van der Waals surface area contributed by atoms with Crippen molar-refractivity contribution in [3.8, 4) is 11.3 Å². The Morgan fingerprint density at radius 1 is 1.13 bits per heavy atom. The predicted octanol–water partition coefficient (Wildman–Crippen LogP) is 5.53. The summed E-state index contributed by atoms with van der Waals surface area (Å²) in [5.41, 5.74) is 8.56. The molecule has 0 saturated heterocycles. The predicted molar refractivity (Wildman–Crippen MR) is 99.7 cm³/mol. The van der Waals surface area contributed by atoms with E-state index in [4.69, 9.17) is 11.6 Å². The van der Waals surface area contributed by atoms with Crippen LogP contribution in [-0.2, 0) is 0 Å². The normalized spacial score (nSPS) is 11.1. The summed E-state index contributed by atoms with van der Waals surface area (Å²) in [6, 6.07) is 13.9. The van der Waals surface area contributed by atoms with Crippen LogP contribution in [-0.4, -0.2) is 11.2 Å². The first-order valence-corrected chi connectivity index (χ1v) is 8.45. The van der Waals surface area contributed by atoms with E-state index in [1.165, 1.54) is 22.5 Å². The van der Waals surface area contributed by atoms with Gasteiger partial charge in [-0.2, -0.15) is 5.10 Å². The first-order valence-electron chi connectivity index (χ1n) is 7.19. The van der Waals surface area contributed by atoms with Crippen LogP contribution in [0.1, 0.15) is 16.7 Å². The molecule has 0 aliphatic carbocycles. The van der Waals surface area contributed by atoms with E-state index in [9.17, 15) is 0 Å². The zero-order valence-corrected chi connectivity index (χ0v) is 14.4. The smallest absolute Gasteiger partial charge is 0.203 e. The fraction of sp³-hybridized carbons (Fsp3) is 0.111. The Hall–Kier alpha value is -2.17. The molecule has 5 heteroatoms. The second-order valence-corrected chi connectivity index (χ2v) is 6.57. The number of nitrogens with zero attached hydrogens (tertiary/aromatic N) is 2. The van der Waals surface area contributed by atoms with E-state index in [0.717, 1.165) is 22.0 Å². The summed E-state index contributed by atoms with van der Waals surface area (Å²) in [6.07, 6.45) is 1.74. The van der Waals surface area contributed by atoms with Crippen LogP contribution in [0.25, 0.3) is 11.3 Å². The summed E-state index contributed by atoms with van der Waals surface area (Å²) < 4.78 is 0. The summed E-state index contributed by atoms with van der Waals surface area (Å²) in [7, 11) is 0. The van der Waals surface area contributed by atoms with Gasteiger partial charge >= 0.3 is 0 Å². The van der Waals surface area contributed by atoms with Gasteiger partial charge in [0.1, 0.15) is 0 Å². The van der Waals surface area contributed by atoms with Crippen molar-refractivity contribution in [3.63, 3.8) is 0 Å². The summed E-state index contributed by atoms with van der Waals surface area (Å²) in [5.74, 6) is 0. The molecule has 1 N–H and O–H groups in total. The molecule has 3 aromatic rings. The number of aromatic nitrogens is 1. The second-order valence-electron chi connectivity index (χ2n) is 5.28. The highest BCUT2D eigenvalue weighted by molar-refractivity contribution is 7.14. The molecule has 0 radical (unpaired) electrons. The molecule has 0 amide bonds. The summed E-state index contributed by atoms with van der Waals surface area (Å²) in [6.45, 7) is 4.20. The highest BCUT2D eigenvalue weighted by Gasteiger charge is 2.06. The van der Waals surface area contributed by atoms with Crippen LogP contribution in [0, 0.1) is 13.8 Å². The molecule has 0 bridgehead atoms. The van der Waals surface area contributed by atoms with Crippen LogP contribution in [0.2, 0.25) is 5.02 Å². The molecule has 0 aliphatic rings. The average Bonchev–Trinajstić information content (AvgIpc) is 2.98. The van der Waals surface area contributed by atoms with E-state index >= 15 is 0 Å². The molecule has 0 atom stereocenters. The molecule has 1 heterocycles. The number of anilines is 1. The van der Waals surface area contributed by atoms with Crippen molar-refractivity contribution in [1.82, 2.24) is 4.98 Å². The Morgan fingerprint density at radius 2 is 1.91 bits per heavy atom. The first kappa shape index (κ1) is 15.7. The number of benzene rings is 2. The molecule has 0 unspecified atom stereocenters. The molecule has 1 aromatic heterocycles. The number of aryl methyl sites for hydroxylation is 2. The second kappa shape index (κ2) is 6.94. The third-order valence-electron chi connectivity index (χ3n) is 3.41.